The molecule has 5 nitrogen and oxygen atoms in total. The van der Waals surface area contributed by atoms with Gasteiger partial charge in [0.1, 0.15) is 5.82 Å². The van der Waals surface area contributed by atoms with Crippen molar-refractivity contribution in [3.05, 3.63) is 131 Å². The molecule has 0 aliphatic carbocycles. The molecule has 0 radical (unpaired) electrons. The third-order valence-corrected chi connectivity index (χ3v) is 8.43. The molecule has 7 rings (SSSR count). The van der Waals surface area contributed by atoms with Crippen LogP contribution in [0.4, 0.5) is 0 Å². The molecule has 232 valence electrons. The smallest absolute Gasteiger partial charge is 0.509 e. The van der Waals surface area contributed by atoms with Gasteiger partial charge in [-0.05, 0) is 73.5 Å². The molecule has 46 heavy (non-hydrogen) atoms. The van der Waals surface area contributed by atoms with Crippen LogP contribution in [0.1, 0.15) is 48.8 Å². The molecule has 0 aliphatic heterocycles. The summed E-state index contributed by atoms with van der Waals surface area (Å²) >= 11 is 0. The molecule has 0 spiro atoms. The molecule has 7 aromatic rings. The maximum absolute atomic E-state index is 6.59. The maximum atomic E-state index is 6.59. The van der Waals surface area contributed by atoms with Crippen LogP contribution in [-0.2, 0) is 26.5 Å². The van der Waals surface area contributed by atoms with Gasteiger partial charge in [0.25, 0.3) is 0 Å². The van der Waals surface area contributed by atoms with E-state index in [-0.39, 0.29) is 26.5 Å². The summed E-state index contributed by atoms with van der Waals surface area (Å²) in [4.78, 5) is 4.73. The van der Waals surface area contributed by atoms with Crippen LogP contribution in [0.25, 0.3) is 44.4 Å². The Hall–Kier alpha value is -4.47. The zero-order valence-corrected chi connectivity index (χ0v) is 29.4. The van der Waals surface area contributed by atoms with E-state index in [4.69, 9.17) is 14.8 Å². The van der Waals surface area contributed by atoms with Gasteiger partial charge in [0.15, 0.2) is 0 Å². The van der Waals surface area contributed by atoms with Gasteiger partial charge in [-0.2, -0.15) is 11.2 Å². The molecule has 0 fully saturated rings. The van der Waals surface area contributed by atoms with E-state index < -0.39 is 0 Å². The fraction of sp³-hybridized carbons (Fsp3) is 0.200. The van der Waals surface area contributed by atoms with E-state index in [1.165, 1.54) is 10.9 Å². The molecule has 0 bridgehead atoms. The van der Waals surface area contributed by atoms with Gasteiger partial charge in [0, 0.05) is 34.5 Å². The molecule has 0 atom stereocenters. The van der Waals surface area contributed by atoms with Crippen LogP contribution in [0.2, 0.25) is 0 Å². The van der Waals surface area contributed by atoms with Gasteiger partial charge < -0.3 is 9.30 Å². The number of fused-ring (bicyclic) bond motifs is 3. The monoisotopic (exact) mass is 783 g/mol. The zero-order chi connectivity index (χ0) is 31.5. The standard InChI is InChI=1S/C40H36N4O.Pt/c1-25-13-16-36-35(19-25)34-15-14-32(24-37(34)43(36)38-20-26(2)17-18-41-38)45-33-22-30(40(5,6)7)21-31(23-33)44-28(4)39(27(3)42-44)29-11-9-8-10-12-29;/h8-22H,1-7H3;/q-2;+2. The number of hydrogen-bond donors (Lipinski definition) is 0. The Kier molecular flexibility index (Phi) is 8.25. The molecule has 0 amide bonds. The molecule has 4 aromatic carbocycles. The van der Waals surface area contributed by atoms with E-state index >= 15 is 0 Å². The van der Waals surface area contributed by atoms with Crippen LogP contribution in [0.5, 0.6) is 11.5 Å². The number of aromatic nitrogens is 4. The van der Waals surface area contributed by atoms with Crippen LogP contribution < -0.4 is 4.74 Å². The number of aryl methyl sites for hydroxylation is 3. The average molecular weight is 784 g/mol. The van der Waals surface area contributed by atoms with Crippen LogP contribution in [0.3, 0.4) is 0 Å². The molecule has 0 N–H and O–H groups in total. The van der Waals surface area contributed by atoms with Crippen LogP contribution in [-0.4, -0.2) is 19.3 Å². The Morgan fingerprint density at radius 3 is 2.24 bits per heavy atom. The zero-order valence-electron chi connectivity index (χ0n) is 27.2. The quantitative estimate of drug-likeness (QED) is 0.163. The Morgan fingerprint density at radius 2 is 1.50 bits per heavy atom. The van der Waals surface area contributed by atoms with Crippen molar-refractivity contribution in [2.24, 2.45) is 0 Å². The van der Waals surface area contributed by atoms with Crippen molar-refractivity contribution in [1.82, 2.24) is 19.3 Å². The van der Waals surface area contributed by atoms with Crippen molar-refractivity contribution in [2.45, 2.75) is 53.9 Å². The summed E-state index contributed by atoms with van der Waals surface area (Å²) in [6, 6.07) is 36.5. The van der Waals surface area contributed by atoms with Crippen molar-refractivity contribution in [3.8, 4) is 34.1 Å². The van der Waals surface area contributed by atoms with E-state index in [0.717, 1.165) is 61.6 Å². The van der Waals surface area contributed by atoms with E-state index in [9.17, 15) is 0 Å². The summed E-state index contributed by atoms with van der Waals surface area (Å²) in [7, 11) is 0. The van der Waals surface area contributed by atoms with E-state index in [0.29, 0.717) is 11.5 Å². The van der Waals surface area contributed by atoms with Crippen LogP contribution in [0, 0.1) is 39.8 Å². The average Bonchev–Trinajstić information content (AvgIpc) is 3.49. The first-order valence-corrected chi connectivity index (χ1v) is 15.3. The molecule has 0 unspecified atom stereocenters. The summed E-state index contributed by atoms with van der Waals surface area (Å²) in [6.07, 6.45) is 1.85. The molecule has 3 heterocycles. The van der Waals surface area contributed by atoms with E-state index in [2.05, 4.69) is 132 Å². The first-order valence-electron chi connectivity index (χ1n) is 15.3. The number of hydrogen-bond acceptors (Lipinski definition) is 3. The second kappa shape index (κ2) is 12.0. The van der Waals surface area contributed by atoms with Crippen LogP contribution >= 0.6 is 0 Å². The van der Waals surface area contributed by atoms with Crippen molar-refractivity contribution >= 4 is 21.8 Å². The van der Waals surface area contributed by atoms with Crippen LogP contribution in [0.15, 0.2) is 91.1 Å². The predicted molar refractivity (Wildman–Crippen MR) is 183 cm³/mol. The fourth-order valence-corrected chi connectivity index (χ4v) is 6.13. The molecule has 0 aliphatic rings. The Balaban J connectivity index is 0.00000372. The van der Waals surface area contributed by atoms with Gasteiger partial charge in [-0.1, -0.05) is 74.3 Å². The number of benzene rings is 4. The van der Waals surface area contributed by atoms with E-state index in [1.807, 2.05) is 29.1 Å². The number of nitrogens with zero attached hydrogens (tertiary/aromatic N) is 4. The Morgan fingerprint density at radius 1 is 0.739 bits per heavy atom. The minimum absolute atomic E-state index is 0. The second-order valence-electron chi connectivity index (χ2n) is 12.9. The molecular formula is C40H36N4OPt. The van der Waals surface area contributed by atoms with Crippen molar-refractivity contribution in [2.75, 3.05) is 0 Å². The SMILES string of the molecule is Cc1ccnc(-n2c3[c-]c(Oc4[c-]c(-n5nc(C)c(-c6ccccc6)c5C)cc(C(C)(C)C)c4)ccc3c3cc(C)ccc32)c1.[Pt+2]. The molecule has 0 saturated carbocycles. The maximum Gasteiger partial charge on any atom is 2.00 e. The Bertz CT molecular complexity index is 2220. The fourth-order valence-electron chi connectivity index (χ4n) is 6.13. The summed E-state index contributed by atoms with van der Waals surface area (Å²) in [5, 5.41) is 7.23. The first kappa shape index (κ1) is 31.5. The summed E-state index contributed by atoms with van der Waals surface area (Å²) < 4.78 is 10.7. The van der Waals surface area contributed by atoms with Crippen molar-refractivity contribution in [1.29, 1.82) is 0 Å². The van der Waals surface area contributed by atoms with Crippen molar-refractivity contribution in [3.63, 3.8) is 0 Å². The molecule has 3 aromatic heterocycles. The second-order valence-corrected chi connectivity index (χ2v) is 12.9. The first-order chi connectivity index (χ1) is 21.6. The topological polar surface area (TPSA) is 44.9 Å². The summed E-state index contributed by atoms with van der Waals surface area (Å²) in [5.74, 6) is 2.09. The van der Waals surface area contributed by atoms with Crippen molar-refractivity contribution < 1.29 is 25.8 Å². The molecule has 0 saturated heterocycles. The predicted octanol–water partition coefficient (Wildman–Crippen LogP) is 9.95. The third kappa shape index (κ3) is 5.69. The summed E-state index contributed by atoms with van der Waals surface area (Å²) in [6.45, 7) is 15.0. The van der Waals surface area contributed by atoms with Gasteiger partial charge in [0.2, 0.25) is 0 Å². The minimum Gasteiger partial charge on any atom is -0.509 e. The number of rotatable bonds is 5. The number of pyridine rings is 1. The minimum atomic E-state index is -0.116. The van der Waals surface area contributed by atoms with Gasteiger partial charge in [0.05, 0.1) is 5.69 Å². The van der Waals surface area contributed by atoms with Gasteiger partial charge >= 0.3 is 21.1 Å². The molecular weight excluding hydrogens is 748 g/mol. The normalized spacial score (nSPS) is 11.6. The Labute approximate surface area is 285 Å². The third-order valence-electron chi connectivity index (χ3n) is 8.43. The summed E-state index contributed by atoms with van der Waals surface area (Å²) in [5.41, 5.74) is 10.5. The van der Waals surface area contributed by atoms with Gasteiger partial charge in [-0.15, -0.1) is 41.3 Å². The largest absolute Gasteiger partial charge is 2.00 e. The number of ether oxygens (including phenoxy) is 1. The van der Waals surface area contributed by atoms with Gasteiger partial charge in [-0.3, -0.25) is 4.68 Å². The molecule has 6 heteroatoms. The van der Waals surface area contributed by atoms with Gasteiger partial charge in [-0.25, -0.2) is 4.98 Å². The van der Waals surface area contributed by atoms with E-state index in [1.54, 1.807) is 0 Å².